The van der Waals surface area contributed by atoms with Gasteiger partial charge in [-0.2, -0.15) is 0 Å². The van der Waals surface area contributed by atoms with Crippen LogP contribution in [0.4, 0.5) is 5.69 Å². The molecule has 0 aliphatic heterocycles. The van der Waals surface area contributed by atoms with Crippen molar-refractivity contribution in [1.82, 2.24) is 4.98 Å². The van der Waals surface area contributed by atoms with Gasteiger partial charge in [-0.3, -0.25) is 14.6 Å². The molecule has 24 heavy (non-hydrogen) atoms. The largest absolute Gasteiger partial charge is 0.322 e. The van der Waals surface area contributed by atoms with Gasteiger partial charge in [-0.05, 0) is 55.5 Å². The molecule has 4 heteroatoms. The van der Waals surface area contributed by atoms with Crippen LogP contribution in [0.25, 0.3) is 0 Å². The van der Waals surface area contributed by atoms with Crippen molar-refractivity contribution in [2.45, 2.75) is 6.92 Å². The van der Waals surface area contributed by atoms with Crippen LogP contribution in [0.15, 0.2) is 73.1 Å². The van der Waals surface area contributed by atoms with Crippen LogP contribution in [0.3, 0.4) is 0 Å². The predicted octanol–water partition coefficient (Wildman–Crippen LogP) is 3.87. The number of carbonyl (C=O) groups is 2. The Bertz CT molecular complexity index is 854. The van der Waals surface area contributed by atoms with Crippen molar-refractivity contribution < 1.29 is 9.59 Å². The highest BCUT2D eigenvalue weighted by Crippen LogP contribution is 2.15. The lowest BCUT2D eigenvalue weighted by atomic mass is 10.0. The molecule has 1 aromatic heterocycles. The molecule has 1 N–H and O–H groups in total. The minimum absolute atomic E-state index is 0.0752. The lowest BCUT2D eigenvalue weighted by molar-refractivity contribution is 0.102. The lowest BCUT2D eigenvalue weighted by Gasteiger charge is -2.07. The van der Waals surface area contributed by atoms with Crippen LogP contribution < -0.4 is 5.32 Å². The average Bonchev–Trinajstić information content (AvgIpc) is 2.63. The van der Waals surface area contributed by atoms with Gasteiger partial charge in [-0.1, -0.05) is 17.7 Å². The van der Waals surface area contributed by atoms with Crippen LogP contribution >= 0.6 is 0 Å². The van der Waals surface area contributed by atoms with E-state index in [0.717, 1.165) is 5.56 Å². The fourth-order valence-corrected chi connectivity index (χ4v) is 2.28. The molecule has 1 amide bonds. The number of aromatic nitrogens is 1. The molecule has 0 spiro atoms. The van der Waals surface area contributed by atoms with Gasteiger partial charge >= 0.3 is 0 Å². The Hall–Kier alpha value is -3.27. The molecule has 2 aromatic carbocycles. The van der Waals surface area contributed by atoms with Crippen molar-refractivity contribution in [3.8, 4) is 0 Å². The number of pyridine rings is 1. The highest BCUT2D eigenvalue weighted by atomic mass is 16.1. The van der Waals surface area contributed by atoms with E-state index in [1.54, 1.807) is 60.9 Å². The number of rotatable bonds is 4. The molecule has 0 fully saturated rings. The Labute approximate surface area is 140 Å². The molecule has 3 rings (SSSR count). The number of amides is 1. The lowest BCUT2D eigenvalue weighted by Crippen LogP contribution is -2.12. The monoisotopic (exact) mass is 316 g/mol. The number of nitrogens with zero attached hydrogens (tertiary/aromatic N) is 1. The first kappa shape index (κ1) is 15.6. The van der Waals surface area contributed by atoms with Gasteiger partial charge in [0.05, 0.1) is 0 Å². The predicted molar refractivity (Wildman–Crippen MR) is 93.2 cm³/mol. The number of carbonyl (C=O) groups excluding carboxylic acids is 2. The molecule has 1 heterocycles. The summed E-state index contributed by atoms with van der Waals surface area (Å²) in [5, 5.41) is 2.82. The smallest absolute Gasteiger partial charge is 0.255 e. The molecule has 0 aliphatic carbocycles. The van der Waals surface area contributed by atoms with Crippen LogP contribution in [-0.4, -0.2) is 16.7 Å². The second kappa shape index (κ2) is 6.87. The fourth-order valence-electron chi connectivity index (χ4n) is 2.28. The van der Waals surface area contributed by atoms with Gasteiger partial charge in [0.25, 0.3) is 5.91 Å². The Balaban J connectivity index is 1.72. The standard InChI is InChI=1S/C20H16N2O2/c1-14-2-4-17(5-3-14)20(24)22-18-8-6-15(7-9-18)19(23)16-10-12-21-13-11-16/h2-13H,1H3,(H,22,24). The summed E-state index contributed by atoms with van der Waals surface area (Å²) in [6, 6.07) is 17.6. The molecule has 3 aromatic rings. The molecule has 0 radical (unpaired) electrons. The van der Waals surface area contributed by atoms with E-state index in [0.29, 0.717) is 22.4 Å². The maximum absolute atomic E-state index is 12.3. The molecule has 0 saturated carbocycles. The first-order valence-corrected chi connectivity index (χ1v) is 7.56. The maximum atomic E-state index is 12.3. The second-order valence-electron chi connectivity index (χ2n) is 5.46. The third-order valence-electron chi connectivity index (χ3n) is 3.66. The highest BCUT2D eigenvalue weighted by molar-refractivity contribution is 6.09. The van der Waals surface area contributed by atoms with Gasteiger partial charge in [-0.25, -0.2) is 0 Å². The Kier molecular flexibility index (Phi) is 4.47. The van der Waals surface area contributed by atoms with Crippen molar-refractivity contribution >= 4 is 17.4 Å². The van der Waals surface area contributed by atoms with Gasteiger partial charge in [0.1, 0.15) is 0 Å². The van der Waals surface area contributed by atoms with Gasteiger partial charge in [0.2, 0.25) is 0 Å². The van der Waals surface area contributed by atoms with Crippen LogP contribution in [0.5, 0.6) is 0 Å². The van der Waals surface area contributed by atoms with Crippen LogP contribution in [0.1, 0.15) is 31.8 Å². The van der Waals surface area contributed by atoms with E-state index in [1.807, 2.05) is 19.1 Å². The highest BCUT2D eigenvalue weighted by Gasteiger charge is 2.10. The number of aryl methyl sites for hydroxylation is 1. The van der Waals surface area contributed by atoms with E-state index in [4.69, 9.17) is 0 Å². The van der Waals surface area contributed by atoms with Crippen molar-refractivity contribution in [2.24, 2.45) is 0 Å². The van der Waals surface area contributed by atoms with Crippen molar-refractivity contribution in [3.05, 3.63) is 95.3 Å². The zero-order chi connectivity index (χ0) is 16.9. The summed E-state index contributed by atoms with van der Waals surface area (Å²) in [4.78, 5) is 28.4. The Morgan fingerprint density at radius 1 is 0.750 bits per heavy atom. The molecule has 0 unspecified atom stereocenters. The number of benzene rings is 2. The normalized spacial score (nSPS) is 10.2. The van der Waals surface area contributed by atoms with Crippen molar-refractivity contribution in [2.75, 3.05) is 5.32 Å². The molecular weight excluding hydrogens is 300 g/mol. The maximum Gasteiger partial charge on any atom is 0.255 e. The third kappa shape index (κ3) is 3.55. The number of ketones is 1. The summed E-state index contributed by atoms with van der Waals surface area (Å²) in [5.41, 5.74) is 3.49. The summed E-state index contributed by atoms with van der Waals surface area (Å²) in [5.74, 6) is -0.253. The quantitative estimate of drug-likeness (QED) is 0.743. The van der Waals surface area contributed by atoms with E-state index in [-0.39, 0.29) is 11.7 Å². The van der Waals surface area contributed by atoms with Crippen LogP contribution in [-0.2, 0) is 0 Å². The van der Waals surface area contributed by atoms with Gasteiger partial charge in [0, 0.05) is 34.8 Å². The molecule has 0 saturated heterocycles. The summed E-state index contributed by atoms with van der Waals surface area (Å²) < 4.78 is 0. The van der Waals surface area contributed by atoms with E-state index >= 15 is 0 Å². The van der Waals surface area contributed by atoms with Gasteiger partial charge in [-0.15, -0.1) is 0 Å². The zero-order valence-electron chi connectivity index (χ0n) is 13.2. The van der Waals surface area contributed by atoms with Gasteiger partial charge in [0.15, 0.2) is 5.78 Å². The molecule has 4 nitrogen and oxygen atoms in total. The SMILES string of the molecule is Cc1ccc(C(=O)Nc2ccc(C(=O)c3ccncc3)cc2)cc1. The Morgan fingerprint density at radius 2 is 1.29 bits per heavy atom. The topological polar surface area (TPSA) is 59.1 Å². The first-order valence-electron chi connectivity index (χ1n) is 7.56. The molecule has 0 atom stereocenters. The summed E-state index contributed by atoms with van der Waals surface area (Å²) >= 11 is 0. The number of anilines is 1. The summed E-state index contributed by atoms with van der Waals surface area (Å²) in [6.45, 7) is 1.97. The summed E-state index contributed by atoms with van der Waals surface area (Å²) in [7, 11) is 0. The van der Waals surface area contributed by atoms with Crippen LogP contribution in [0, 0.1) is 6.92 Å². The number of nitrogens with one attached hydrogen (secondary N) is 1. The molecular formula is C20H16N2O2. The van der Waals surface area contributed by atoms with E-state index in [1.165, 1.54) is 0 Å². The minimum atomic E-state index is -0.178. The van der Waals surface area contributed by atoms with E-state index < -0.39 is 0 Å². The van der Waals surface area contributed by atoms with E-state index in [9.17, 15) is 9.59 Å². The second-order valence-corrected chi connectivity index (χ2v) is 5.46. The minimum Gasteiger partial charge on any atom is -0.322 e. The third-order valence-corrected chi connectivity index (χ3v) is 3.66. The first-order chi connectivity index (χ1) is 11.6. The van der Waals surface area contributed by atoms with Crippen molar-refractivity contribution in [1.29, 1.82) is 0 Å². The van der Waals surface area contributed by atoms with E-state index in [2.05, 4.69) is 10.3 Å². The van der Waals surface area contributed by atoms with Crippen molar-refractivity contribution in [3.63, 3.8) is 0 Å². The molecule has 0 bridgehead atoms. The van der Waals surface area contributed by atoms with Gasteiger partial charge < -0.3 is 5.32 Å². The Morgan fingerprint density at radius 3 is 1.92 bits per heavy atom. The number of hydrogen-bond acceptors (Lipinski definition) is 3. The fraction of sp³-hybridized carbons (Fsp3) is 0.0500. The van der Waals surface area contributed by atoms with Crippen LogP contribution in [0.2, 0.25) is 0 Å². The average molecular weight is 316 g/mol. The molecule has 0 aliphatic rings. The number of hydrogen-bond donors (Lipinski definition) is 1. The zero-order valence-corrected chi connectivity index (χ0v) is 13.2. The summed E-state index contributed by atoms with van der Waals surface area (Å²) in [6.07, 6.45) is 3.17. The molecule has 118 valence electrons.